The Balaban J connectivity index is 1.59. The molecule has 0 unspecified atom stereocenters. The predicted molar refractivity (Wildman–Crippen MR) is 99.6 cm³/mol. The normalized spacial score (nSPS) is 16.2. The smallest absolute Gasteiger partial charge is 0.269 e. The third kappa shape index (κ3) is 4.14. The van der Waals surface area contributed by atoms with Gasteiger partial charge in [-0.15, -0.1) is 11.3 Å². The van der Waals surface area contributed by atoms with Crippen molar-refractivity contribution in [2.45, 2.75) is 31.1 Å². The van der Waals surface area contributed by atoms with Crippen LogP contribution < -0.4 is 5.32 Å². The zero-order chi connectivity index (χ0) is 17.7. The molecule has 0 spiro atoms. The van der Waals surface area contributed by atoms with Crippen LogP contribution in [-0.4, -0.2) is 17.4 Å². The van der Waals surface area contributed by atoms with Crippen LogP contribution in [0.15, 0.2) is 47.9 Å². The van der Waals surface area contributed by atoms with E-state index in [-0.39, 0.29) is 17.0 Å². The second-order valence-corrected chi connectivity index (χ2v) is 7.31. The fraction of sp³-hybridized carbons (Fsp3) is 0.316. The van der Waals surface area contributed by atoms with Crippen molar-refractivity contribution in [1.82, 2.24) is 5.32 Å². The number of amides is 1. The summed E-state index contributed by atoms with van der Waals surface area (Å²) in [6, 6.07) is 10.4. The molecule has 1 heterocycles. The molecule has 1 amide bonds. The van der Waals surface area contributed by atoms with Crippen LogP contribution in [0, 0.1) is 10.1 Å². The average molecular weight is 356 g/mol. The van der Waals surface area contributed by atoms with Crippen LogP contribution in [0.25, 0.3) is 6.08 Å². The first-order valence-electron chi connectivity index (χ1n) is 8.33. The molecule has 3 rings (SSSR count). The van der Waals surface area contributed by atoms with Gasteiger partial charge in [-0.3, -0.25) is 14.9 Å². The number of benzene rings is 1. The van der Waals surface area contributed by atoms with Crippen molar-refractivity contribution in [3.8, 4) is 0 Å². The quantitative estimate of drug-likeness (QED) is 0.476. The highest BCUT2D eigenvalue weighted by Gasteiger charge is 2.36. The maximum Gasteiger partial charge on any atom is 0.269 e. The van der Waals surface area contributed by atoms with Gasteiger partial charge < -0.3 is 5.32 Å². The zero-order valence-corrected chi connectivity index (χ0v) is 14.6. The van der Waals surface area contributed by atoms with Gasteiger partial charge in [0.05, 0.1) is 4.92 Å². The van der Waals surface area contributed by atoms with Gasteiger partial charge in [0, 0.05) is 35.0 Å². The molecule has 25 heavy (non-hydrogen) atoms. The van der Waals surface area contributed by atoms with Crippen molar-refractivity contribution >= 4 is 29.0 Å². The average Bonchev–Trinajstić information content (AvgIpc) is 3.30. The van der Waals surface area contributed by atoms with Gasteiger partial charge in [0.1, 0.15) is 0 Å². The van der Waals surface area contributed by atoms with Gasteiger partial charge >= 0.3 is 0 Å². The lowest BCUT2D eigenvalue weighted by Crippen LogP contribution is -2.37. The molecule has 0 saturated heterocycles. The molecule has 1 saturated carbocycles. The van der Waals surface area contributed by atoms with Crippen molar-refractivity contribution in [3.63, 3.8) is 0 Å². The SMILES string of the molecule is O=C(/C=C/c1ccc([N+](=O)[O-])cc1)NCC1(c2cccs2)CCCC1. The molecule has 0 radical (unpaired) electrons. The van der Waals surface area contributed by atoms with E-state index < -0.39 is 4.92 Å². The highest BCUT2D eigenvalue weighted by Crippen LogP contribution is 2.42. The van der Waals surface area contributed by atoms with E-state index in [2.05, 4.69) is 22.8 Å². The van der Waals surface area contributed by atoms with Crippen molar-refractivity contribution in [2.75, 3.05) is 6.54 Å². The molecule has 0 atom stereocenters. The molecule has 1 aromatic carbocycles. The van der Waals surface area contributed by atoms with Crippen LogP contribution in [0.4, 0.5) is 5.69 Å². The summed E-state index contributed by atoms with van der Waals surface area (Å²) in [6.07, 6.45) is 7.78. The van der Waals surface area contributed by atoms with E-state index in [1.807, 2.05) is 0 Å². The maximum atomic E-state index is 12.2. The monoisotopic (exact) mass is 356 g/mol. The molecule has 5 nitrogen and oxygen atoms in total. The number of hydrogen-bond donors (Lipinski definition) is 1. The number of hydrogen-bond acceptors (Lipinski definition) is 4. The van der Waals surface area contributed by atoms with Crippen LogP contribution in [0.3, 0.4) is 0 Å². The Morgan fingerprint density at radius 3 is 2.56 bits per heavy atom. The second-order valence-electron chi connectivity index (χ2n) is 6.36. The Morgan fingerprint density at radius 2 is 1.96 bits per heavy atom. The number of non-ortho nitro benzene ring substituents is 1. The number of nitro groups is 1. The molecular weight excluding hydrogens is 336 g/mol. The van der Waals surface area contributed by atoms with Gasteiger partial charge in [0.15, 0.2) is 0 Å². The standard InChI is InChI=1S/C19H20N2O3S/c22-18(10-7-15-5-8-16(9-6-15)21(23)24)20-14-19(11-1-2-12-19)17-4-3-13-25-17/h3-10,13H,1-2,11-12,14H2,(H,20,22)/b10-7+. The summed E-state index contributed by atoms with van der Waals surface area (Å²) in [7, 11) is 0. The Morgan fingerprint density at radius 1 is 1.24 bits per heavy atom. The van der Waals surface area contributed by atoms with E-state index in [0.717, 1.165) is 18.4 Å². The second kappa shape index (κ2) is 7.61. The summed E-state index contributed by atoms with van der Waals surface area (Å²) < 4.78 is 0. The van der Waals surface area contributed by atoms with E-state index in [1.165, 1.54) is 35.9 Å². The maximum absolute atomic E-state index is 12.2. The van der Waals surface area contributed by atoms with Gasteiger partial charge in [-0.2, -0.15) is 0 Å². The van der Waals surface area contributed by atoms with Crippen molar-refractivity contribution in [2.24, 2.45) is 0 Å². The highest BCUT2D eigenvalue weighted by atomic mass is 32.1. The largest absolute Gasteiger partial charge is 0.352 e. The number of nitrogens with one attached hydrogen (secondary N) is 1. The van der Waals surface area contributed by atoms with Gasteiger partial charge in [0.25, 0.3) is 5.69 Å². The third-order valence-corrected chi connectivity index (χ3v) is 5.85. The summed E-state index contributed by atoms with van der Waals surface area (Å²) >= 11 is 1.76. The molecule has 1 fully saturated rings. The summed E-state index contributed by atoms with van der Waals surface area (Å²) in [5.41, 5.74) is 0.876. The van der Waals surface area contributed by atoms with Gasteiger partial charge in [-0.25, -0.2) is 0 Å². The molecule has 130 valence electrons. The number of carbonyl (C=O) groups is 1. The lowest BCUT2D eigenvalue weighted by molar-refractivity contribution is -0.384. The molecule has 6 heteroatoms. The lowest BCUT2D eigenvalue weighted by atomic mass is 9.84. The van der Waals surface area contributed by atoms with E-state index in [4.69, 9.17) is 0 Å². The summed E-state index contributed by atoms with van der Waals surface area (Å²) in [6.45, 7) is 0.650. The molecular formula is C19H20N2O3S. The third-order valence-electron chi connectivity index (χ3n) is 4.74. The van der Waals surface area contributed by atoms with Crippen molar-refractivity contribution < 1.29 is 9.72 Å². The lowest BCUT2D eigenvalue weighted by Gasteiger charge is -2.28. The van der Waals surface area contributed by atoms with Crippen LogP contribution in [0.1, 0.15) is 36.1 Å². The van der Waals surface area contributed by atoms with Gasteiger partial charge in [-0.1, -0.05) is 18.9 Å². The minimum Gasteiger partial charge on any atom is -0.352 e. The van der Waals surface area contributed by atoms with E-state index in [0.29, 0.717) is 6.54 Å². The molecule has 0 aliphatic heterocycles. The van der Waals surface area contributed by atoms with Gasteiger partial charge in [0.2, 0.25) is 5.91 Å². The summed E-state index contributed by atoms with van der Waals surface area (Å²) in [4.78, 5) is 23.7. The molecule has 1 aromatic heterocycles. The van der Waals surface area contributed by atoms with Crippen LogP contribution >= 0.6 is 11.3 Å². The van der Waals surface area contributed by atoms with E-state index in [1.54, 1.807) is 29.5 Å². The number of carbonyl (C=O) groups excluding carboxylic acids is 1. The number of rotatable bonds is 6. The first-order chi connectivity index (χ1) is 12.1. The molecule has 0 bridgehead atoms. The van der Waals surface area contributed by atoms with Crippen LogP contribution in [-0.2, 0) is 10.2 Å². The molecule has 2 aromatic rings. The fourth-order valence-electron chi connectivity index (χ4n) is 3.34. The fourth-order valence-corrected chi connectivity index (χ4v) is 4.32. The van der Waals surface area contributed by atoms with Gasteiger partial charge in [-0.05, 0) is 48.1 Å². The Bertz CT molecular complexity index is 760. The Kier molecular flexibility index (Phi) is 5.28. The number of nitrogens with zero attached hydrogens (tertiary/aromatic N) is 1. The first-order valence-corrected chi connectivity index (χ1v) is 9.21. The first kappa shape index (κ1) is 17.4. The summed E-state index contributed by atoms with van der Waals surface area (Å²) in [5.74, 6) is -0.138. The summed E-state index contributed by atoms with van der Waals surface area (Å²) in [5, 5.41) is 15.8. The van der Waals surface area contributed by atoms with Crippen LogP contribution in [0.2, 0.25) is 0 Å². The minimum atomic E-state index is -0.439. The number of nitro benzene ring substituents is 1. The van der Waals surface area contributed by atoms with E-state index in [9.17, 15) is 14.9 Å². The van der Waals surface area contributed by atoms with Crippen molar-refractivity contribution in [3.05, 3.63) is 68.4 Å². The Hall–Kier alpha value is -2.47. The van der Waals surface area contributed by atoms with Crippen LogP contribution in [0.5, 0.6) is 0 Å². The van der Waals surface area contributed by atoms with E-state index >= 15 is 0 Å². The number of thiophene rings is 1. The molecule has 1 aliphatic rings. The Labute approximate surface area is 150 Å². The topological polar surface area (TPSA) is 72.2 Å². The molecule has 1 N–H and O–H groups in total. The van der Waals surface area contributed by atoms with Crippen molar-refractivity contribution in [1.29, 1.82) is 0 Å². The molecule has 1 aliphatic carbocycles. The predicted octanol–water partition coefficient (Wildman–Crippen LogP) is 4.30. The highest BCUT2D eigenvalue weighted by molar-refractivity contribution is 7.10. The minimum absolute atomic E-state index is 0.0423. The zero-order valence-electron chi connectivity index (χ0n) is 13.8.